The third-order valence-electron chi connectivity index (χ3n) is 4.81. The van der Waals surface area contributed by atoms with E-state index in [2.05, 4.69) is 15.5 Å². The number of aryl methyl sites for hydroxylation is 2. The number of rotatable bonds is 4. The molecule has 0 saturated heterocycles. The molecule has 0 N–H and O–H groups in total. The molecular formula is C21H16N6OS2. The second-order valence-electron chi connectivity index (χ2n) is 6.64. The van der Waals surface area contributed by atoms with E-state index in [1.54, 1.807) is 9.25 Å². The lowest BCUT2D eigenvalue weighted by Crippen LogP contribution is -2.21. The molecule has 5 rings (SSSR count). The van der Waals surface area contributed by atoms with Gasteiger partial charge in [-0.1, -0.05) is 36.4 Å². The fraction of sp³-hybridized carbons (Fsp3) is 0.0952. The first-order valence-corrected chi connectivity index (χ1v) is 10.9. The zero-order valence-electron chi connectivity index (χ0n) is 16.2. The van der Waals surface area contributed by atoms with E-state index in [9.17, 15) is 4.79 Å². The van der Waals surface area contributed by atoms with Crippen molar-refractivity contribution >= 4 is 33.3 Å². The maximum atomic E-state index is 13.5. The van der Waals surface area contributed by atoms with Crippen LogP contribution in [0.25, 0.3) is 21.6 Å². The maximum absolute atomic E-state index is 13.5. The number of fused-ring (bicyclic) bond motifs is 1. The first kappa shape index (κ1) is 18.7. The summed E-state index contributed by atoms with van der Waals surface area (Å²) in [6.07, 6.45) is 0. The van der Waals surface area contributed by atoms with Gasteiger partial charge in [0.25, 0.3) is 5.56 Å². The van der Waals surface area contributed by atoms with Crippen molar-refractivity contribution in [1.82, 2.24) is 29.8 Å². The van der Waals surface area contributed by atoms with Gasteiger partial charge < -0.3 is 0 Å². The molecule has 148 valence electrons. The number of para-hydroxylation sites is 2. The molecule has 0 aliphatic carbocycles. The summed E-state index contributed by atoms with van der Waals surface area (Å²) in [5.41, 5.74) is 2.47. The van der Waals surface area contributed by atoms with Crippen molar-refractivity contribution in [2.45, 2.75) is 24.2 Å². The fourth-order valence-electron chi connectivity index (χ4n) is 3.20. The van der Waals surface area contributed by atoms with E-state index in [1.807, 2.05) is 74.5 Å². The molecule has 0 aliphatic heterocycles. The number of hydrogen-bond donors (Lipinski definition) is 0. The zero-order chi connectivity index (χ0) is 20.7. The molecule has 5 aromatic rings. The monoisotopic (exact) mass is 432 g/mol. The molecule has 0 fully saturated rings. The average Bonchev–Trinajstić information content (AvgIpc) is 3.34. The van der Waals surface area contributed by atoms with Crippen LogP contribution in [-0.4, -0.2) is 29.8 Å². The summed E-state index contributed by atoms with van der Waals surface area (Å²) in [5, 5.41) is 13.8. The Kier molecular flexibility index (Phi) is 4.68. The van der Waals surface area contributed by atoms with Crippen LogP contribution in [-0.2, 0) is 0 Å². The Bertz CT molecular complexity index is 1410. The highest BCUT2D eigenvalue weighted by Crippen LogP contribution is 2.32. The van der Waals surface area contributed by atoms with Crippen molar-refractivity contribution in [3.63, 3.8) is 0 Å². The number of aromatic nitrogens is 6. The predicted octanol–water partition coefficient (Wildman–Crippen LogP) is 4.19. The molecule has 0 spiro atoms. The second kappa shape index (κ2) is 7.51. The van der Waals surface area contributed by atoms with Crippen molar-refractivity contribution in [3.05, 3.63) is 81.5 Å². The minimum atomic E-state index is -0.0886. The van der Waals surface area contributed by atoms with E-state index in [-0.39, 0.29) is 5.56 Å². The summed E-state index contributed by atoms with van der Waals surface area (Å²) < 4.78 is 3.28. The summed E-state index contributed by atoms with van der Waals surface area (Å²) in [6, 6.07) is 19.1. The van der Waals surface area contributed by atoms with Gasteiger partial charge in [-0.3, -0.25) is 9.36 Å². The molecule has 0 radical (unpaired) electrons. The molecular weight excluding hydrogens is 416 g/mol. The smallest absolute Gasteiger partial charge is 0.267 e. The Morgan fingerprint density at radius 1 is 0.900 bits per heavy atom. The van der Waals surface area contributed by atoms with Crippen molar-refractivity contribution in [2.24, 2.45) is 0 Å². The van der Waals surface area contributed by atoms with Crippen molar-refractivity contribution in [1.29, 1.82) is 0 Å². The first-order valence-electron chi connectivity index (χ1n) is 9.23. The van der Waals surface area contributed by atoms with Crippen LogP contribution < -0.4 is 5.56 Å². The van der Waals surface area contributed by atoms with E-state index in [1.165, 1.54) is 23.1 Å². The number of nitrogens with zero attached hydrogens (tertiary/aromatic N) is 6. The summed E-state index contributed by atoms with van der Waals surface area (Å²) in [6.45, 7) is 3.98. The van der Waals surface area contributed by atoms with E-state index >= 15 is 0 Å². The van der Waals surface area contributed by atoms with Gasteiger partial charge in [0, 0.05) is 4.88 Å². The van der Waals surface area contributed by atoms with E-state index < -0.39 is 0 Å². The Hall–Kier alpha value is -3.30. The summed E-state index contributed by atoms with van der Waals surface area (Å²) in [7, 11) is 0. The average molecular weight is 433 g/mol. The largest absolute Gasteiger partial charge is 0.268 e. The van der Waals surface area contributed by atoms with Crippen molar-refractivity contribution in [3.8, 4) is 11.4 Å². The van der Waals surface area contributed by atoms with Crippen LogP contribution in [0.15, 0.2) is 75.8 Å². The SMILES string of the molecule is Cc1sc2nc(Sc3nnnn3-c3ccccc3)n(-c3ccccc3)c(=O)c2c1C. The molecule has 3 aromatic heterocycles. The Labute approximate surface area is 180 Å². The standard InChI is InChI=1S/C21H16N6OS2/c1-13-14(2)29-18-17(13)19(28)26(15-9-5-3-6-10-15)20(22-18)30-21-23-24-25-27(21)16-11-7-4-8-12-16/h3-12H,1-2H3. The molecule has 0 aliphatic rings. The van der Waals surface area contributed by atoms with Crippen molar-refractivity contribution < 1.29 is 0 Å². The molecule has 0 amide bonds. The maximum Gasteiger partial charge on any atom is 0.267 e. The van der Waals surface area contributed by atoms with Crippen molar-refractivity contribution in [2.75, 3.05) is 0 Å². The van der Waals surface area contributed by atoms with Crippen LogP contribution in [0.3, 0.4) is 0 Å². The highest BCUT2D eigenvalue weighted by atomic mass is 32.2. The molecule has 3 heterocycles. The highest BCUT2D eigenvalue weighted by Gasteiger charge is 2.20. The van der Waals surface area contributed by atoms with Gasteiger partial charge in [0.2, 0.25) is 5.16 Å². The third kappa shape index (κ3) is 3.12. The Morgan fingerprint density at radius 2 is 1.57 bits per heavy atom. The van der Waals surface area contributed by atoms with Crippen LogP contribution in [0.5, 0.6) is 0 Å². The topological polar surface area (TPSA) is 78.5 Å². The fourth-order valence-corrected chi connectivity index (χ4v) is 5.17. The highest BCUT2D eigenvalue weighted by molar-refractivity contribution is 7.99. The van der Waals surface area contributed by atoms with Gasteiger partial charge in [-0.05, 0) is 65.9 Å². The summed E-state index contributed by atoms with van der Waals surface area (Å²) in [4.78, 5) is 20.2. The summed E-state index contributed by atoms with van der Waals surface area (Å²) >= 11 is 2.79. The molecule has 2 aromatic carbocycles. The quantitative estimate of drug-likeness (QED) is 0.396. The van der Waals surface area contributed by atoms with Crippen LogP contribution >= 0.6 is 23.1 Å². The van der Waals surface area contributed by atoms with Crippen LogP contribution in [0, 0.1) is 13.8 Å². The second-order valence-corrected chi connectivity index (χ2v) is 8.78. The molecule has 0 atom stereocenters. The van der Waals surface area contributed by atoms with Gasteiger partial charge in [0.05, 0.1) is 16.8 Å². The number of benzene rings is 2. The molecule has 7 nitrogen and oxygen atoms in total. The minimum absolute atomic E-state index is 0.0886. The van der Waals surface area contributed by atoms with Gasteiger partial charge in [0.15, 0.2) is 5.16 Å². The van der Waals surface area contributed by atoms with E-state index in [4.69, 9.17) is 4.98 Å². The Balaban J connectivity index is 1.72. The van der Waals surface area contributed by atoms with Gasteiger partial charge in [-0.15, -0.1) is 16.4 Å². The first-order chi connectivity index (χ1) is 14.6. The third-order valence-corrected chi connectivity index (χ3v) is 6.81. The molecule has 9 heteroatoms. The van der Waals surface area contributed by atoms with Crippen LogP contribution in [0.2, 0.25) is 0 Å². The minimum Gasteiger partial charge on any atom is -0.268 e. The van der Waals surface area contributed by atoms with E-state index in [0.29, 0.717) is 15.7 Å². The van der Waals surface area contributed by atoms with Gasteiger partial charge in [-0.2, -0.15) is 4.68 Å². The lowest BCUT2D eigenvalue weighted by Gasteiger charge is -2.12. The lowest BCUT2D eigenvalue weighted by atomic mass is 10.2. The van der Waals surface area contributed by atoms with Crippen LogP contribution in [0.1, 0.15) is 10.4 Å². The van der Waals surface area contributed by atoms with Gasteiger partial charge in [0.1, 0.15) is 4.83 Å². The normalized spacial score (nSPS) is 11.3. The van der Waals surface area contributed by atoms with Crippen LogP contribution in [0.4, 0.5) is 0 Å². The number of hydrogen-bond acceptors (Lipinski definition) is 7. The van der Waals surface area contributed by atoms with Gasteiger partial charge >= 0.3 is 0 Å². The molecule has 30 heavy (non-hydrogen) atoms. The molecule has 0 unspecified atom stereocenters. The lowest BCUT2D eigenvalue weighted by molar-refractivity contribution is 0.751. The van der Waals surface area contributed by atoms with E-state index in [0.717, 1.165) is 26.6 Å². The zero-order valence-corrected chi connectivity index (χ0v) is 17.8. The molecule has 0 saturated carbocycles. The number of tetrazole rings is 1. The summed E-state index contributed by atoms with van der Waals surface area (Å²) in [5.74, 6) is 0. The Morgan fingerprint density at radius 3 is 2.27 bits per heavy atom. The predicted molar refractivity (Wildman–Crippen MR) is 118 cm³/mol. The van der Waals surface area contributed by atoms with Gasteiger partial charge in [-0.25, -0.2) is 4.98 Å². The molecule has 0 bridgehead atoms. The number of thiophene rings is 1.